The molecule has 0 aliphatic rings. The summed E-state index contributed by atoms with van der Waals surface area (Å²) < 4.78 is 5.51. The fourth-order valence-electron chi connectivity index (χ4n) is 1.78. The maximum absolute atomic E-state index is 11.7. The molecule has 108 valence electrons. The zero-order valence-corrected chi connectivity index (χ0v) is 12.0. The number of halogens is 1. The van der Waals surface area contributed by atoms with E-state index in [0.717, 1.165) is 0 Å². The molecule has 0 aromatic heterocycles. The van der Waals surface area contributed by atoms with Gasteiger partial charge in [-0.2, -0.15) is 0 Å². The van der Waals surface area contributed by atoms with Crippen LogP contribution in [0.3, 0.4) is 0 Å². The molecule has 6 heteroatoms. The van der Waals surface area contributed by atoms with Crippen LogP contribution in [0, 0.1) is 10.1 Å². The van der Waals surface area contributed by atoms with E-state index in [4.69, 9.17) is 16.3 Å². The van der Waals surface area contributed by atoms with E-state index in [1.807, 2.05) is 0 Å². The lowest BCUT2D eigenvalue weighted by Crippen LogP contribution is -1.97. The van der Waals surface area contributed by atoms with E-state index in [1.54, 1.807) is 31.2 Å². The van der Waals surface area contributed by atoms with Gasteiger partial charge in [-0.05, 0) is 24.3 Å². The summed E-state index contributed by atoms with van der Waals surface area (Å²) in [6.45, 7) is 1.76. The molecule has 2 aromatic rings. The molecule has 0 saturated heterocycles. The summed E-state index contributed by atoms with van der Waals surface area (Å²) in [6, 6.07) is 10.7. The molecule has 0 spiro atoms. The fraction of sp³-hybridized carbons (Fsp3) is 0.133. The molecule has 0 heterocycles. The third-order valence-electron chi connectivity index (χ3n) is 2.82. The molecule has 21 heavy (non-hydrogen) atoms. The Kier molecular flexibility index (Phi) is 4.55. The number of nitro benzene ring substituents is 1. The largest absolute Gasteiger partial charge is 0.450 e. The molecule has 2 aromatic carbocycles. The maximum Gasteiger partial charge on any atom is 0.313 e. The van der Waals surface area contributed by atoms with Crippen LogP contribution in [-0.2, 0) is 0 Å². The molecule has 0 aliphatic heterocycles. The summed E-state index contributed by atoms with van der Waals surface area (Å²) in [4.78, 5) is 22.1. The number of nitro groups is 1. The number of ether oxygens (including phenoxy) is 1. The molecule has 5 nitrogen and oxygen atoms in total. The number of ketones is 1. The molecular formula is C15H12ClNO4. The molecule has 0 N–H and O–H groups in total. The topological polar surface area (TPSA) is 69.4 Å². The number of carbonyl (C=O) groups excluding carboxylic acids is 1. The fourth-order valence-corrected chi connectivity index (χ4v) is 1.95. The van der Waals surface area contributed by atoms with Gasteiger partial charge in [-0.1, -0.05) is 30.7 Å². The second-order valence-electron chi connectivity index (χ2n) is 4.28. The number of hydrogen-bond acceptors (Lipinski definition) is 4. The zero-order valence-electron chi connectivity index (χ0n) is 11.2. The van der Waals surface area contributed by atoms with E-state index in [1.165, 1.54) is 18.2 Å². The number of nitrogens with zero attached hydrogens (tertiary/aromatic N) is 1. The van der Waals surface area contributed by atoms with E-state index in [-0.39, 0.29) is 22.2 Å². The summed E-state index contributed by atoms with van der Waals surface area (Å²) in [6.07, 6.45) is 0.380. The van der Waals surface area contributed by atoms with Gasteiger partial charge in [0.05, 0.1) is 4.92 Å². The highest BCUT2D eigenvalue weighted by atomic mass is 35.5. The number of benzene rings is 2. The average Bonchev–Trinajstić information content (AvgIpc) is 2.48. The van der Waals surface area contributed by atoms with E-state index in [0.29, 0.717) is 17.7 Å². The van der Waals surface area contributed by atoms with Gasteiger partial charge in [-0.25, -0.2) is 0 Å². The van der Waals surface area contributed by atoms with Crippen LogP contribution in [0.15, 0.2) is 42.5 Å². The van der Waals surface area contributed by atoms with Crippen molar-refractivity contribution < 1.29 is 14.5 Å². The predicted octanol–water partition coefficient (Wildman–Crippen LogP) is 4.63. The Morgan fingerprint density at radius 1 is 1.29 bits per heavy atom. The van der Waals surface area contributed by atoms with Crippen LogP contribution in [-0.4, -0.2) is 10.7 Å². The molecule has 2 rings (SSSR count). The Morgan fingerprint density at radius 3 is 2.71 bits per heavy atom. The van der Waals surface area contributed by atoms with Gasteiger partial charge in [0, 0.05) is 23.1 Å². The highest BCUT2D eigenvalue weighted by Crippen LogP contribution is 2.33. The van der Waals surface area contributed by atoms with Crippen LogP contribution in [0.25, 0.3) is 0 Å². The first-order valence-electron chi connectivity index (χ1n) is 6.26. The van der Waals surface area contributed by atoms with Crippen molar-refractivity contribution >= 4 is 23.1 Å². The third-order valence-corrected chi connectivity index (χ3v) is 3.06. The van der Waals surface area contributed by atoms with E-state index in [2.05, 4.69) is 0 Å². The Balaban J connectivity index is 2.34. The highest BCUT2D eigenvalue weighted by Gasteiger charge is 2.16. The predicted molar refractivity (Wildman–Crippen MR) is 79.2 cm³/mol. The van der Waals surface area contributed by atoms with Crippen molar-refractivity contribution in [2.75, 3.05) is 0 Å². The summed E-state index contributed by atoms with van der Waals surface area (Å²) >= 11 is 5.74. The molecule has 0 atom stereocenters. The molecular weight excluding hydrogens is 294 g/mol. The van der Waals surface area contributed by atoms with Crippen LogP contribution in [0.1, 0.15) is 23.7 Å². The average molecular weight is 306 g/mol. The lowest BCUT2D eigenvalue weighted by Gasteiger charge is -2.07. The van der Waals surface area contributed by atoms with Gasteiger partial charge in [0.2, 0.25) is 5.75 Å². The Labute approximate surface area is 126 Å². The van der Waals surface area contributed by atoms with Crippen LogP contribution < -0.4 is 4.74 Å². The Morgan fingerprint density at radius 2 is 2.05 bits per heavy atom. The van der Waals surface area contributed by atoms with Crippen molar-refractivity contribution in [2.45, 2.75) is 13.3 Å². The van der Waals surface area contributed by atoms with Crippen molar-refractivity contribution in [1.29, 1.82) is 0 Å². The molecule has 0 saturated carbocycles. The third kappa shape index (κ3) is 3.58. The van der Waals surface area contributed by atoms with Crippen molar-refractivity contribution in [3.8, 4) is 11.5 Å². The Hall–Kier alpha value is -2.40. The van der Waals surface area contributed by atoms with Gasteiger partial charge in [-0.3, -0.25) is 14.9 Å². The van der Waals surface area contributed by atoms with Gasteiger partial charge in [-0.15, -0.1) is 0 Å². The first-order chi connectivity index (χ1) is 10.0. The molecule has 0 amide bonds. The van der Waals surface area contributed by atoms with Crippen LogP contribution in [0.5, 0.6) is 11.5 Å². The van der Waals surface area contributed by atoms with Gasteiger partial charge in [0.1, 0.15) is 5.75 Å². The summed E-state index contributed by atoms with van der Waals surface area (Å²) in [5, 5.41) is 11.3. The van der Waals surface area contributed by atoms with E-state index < -0.39 is 4.92 Å². The smallest absolute Gasteiger partial charge is 0.313 e. The van der Waals surface area contributed by atoms with Crippen molar-refractivity contribution in [2.24, 2.45) is 0 Å². The SMILES string of the molecule is CCC(=O)c1cccc(Oc2ccc(Cl)cc2[N+](=O)[O-])c1. The number of rotatable bonds is 5. The van der Waals surface area contributed by atoms with Crippen molar-refractivity contribution in [3.63, 3.8) is 0 Å². The van der Waals surface area contributed by atoms with Crippen molar-refractivity contribution in [3.05, 3.63) is 63.2 Å². The van der Waals surface area contributed by atoms with Crippen LogP contribution in [0.2, 0.25) is 5.02 Å². The summed E-state index contributed by atoms with van der Waals surface area (Å²) in [5.41, 5.74) is 0.279. The first kappa shape index (κ1) is 15.0. The zero-order chi connectivity index (χ0) is 15.4. The second kappa shape index (κ2) is 6.37. The number of hydrogen-bond donors (Lipinski definition) is 0. The van der Waals surface area contributed by atoms with E-state index in [9.17, 15) is 14.9 Å². The second-order valence-corrected chi connectivity index (χ2v) is 4.71. The summed E-state index contributed by atoms with van der Waals surface area (Å²) in [5.74, 6) is 0.413. The molecule has 0 unspecified atom stereocenters. The molecule has 0 aliphatic carbocycles. The standard InChI is InChI=1S/C15H12ClNO4/c1-2-14(18)10-4-3-5-12(8-10)21-15-7-6-11(16)9-13(15)17(19)20/h3-9H,2H2,1H3. The van der Waals surface area contributed by atoms with Gasteiger partial charge >= 0.3 is 5.69 Å². The van der Waals surface area contributed by atoms with Crippen molar-refractivity contribution in [1.82, 2.24) is 0 Å². The quantitative estimate of drug-likeness (QED) is 0.458. The lowest BCUT2D eigenvalue weighted by atomic mass is 10.1. The normalized spacial score (nSPS) is 10.2. The minimum absolute atomic E-state index is 0.0222. The van der Waals surface area contributed by atoms with Crippen LogP contribution in [0.4, 0.5) is 5.69 Å². The van der Waals surface area contributed by atoms with Gasteiger partial charge < -0.3 is 4.74 Å². The lowest BCUT2D eigenvalue weighted by molar-refractivity contribution is -0.385. The Bertz CT molecular complexity index is 700. The minimum atomic E-state index is -0.567. The van der Waals surface area contributed by atoms with Gasteiger partial charge in [0.15, 0.2) is 5.78 Å². The van der Waals surface area contributed by atoms with Crippen LogP contribution >= 0.6 is 11.6 Å². The number of Topliss-reactive ketones (excluding diaryl/α,β-unsaturated/α-hetero) is 1. The monoisotopic (exact) mass is 305 g/mol. The molecule has 0 bridgehead atoms. The molecule has 0 fully saturated rings. The van der Waals surface area contributed by atoms with E-state index >= 15 is 0 Å². The maximum atomic E-state index is 11.7. The first-order valence-corrected chi connectivity index (χ1v) is 6.64. The minimum Gasteiger partial charge on any atom is -0.450 e. The number of carbonyl (C=O) groups is 1. The molecule has 0 radical (unpaired) electrons. The van der Waals surface area contributed by atoms with Gasteiger partial charge in [0.25, 0.3) is 0 Å². The highest BCUT2D eigenvalue weighted by molar-refractivity contribution is 6.30. The summed E-state index contributed by atoms with van der Waals surface area (Å²) in [7, 11) is 0.